The van der Waals surface area contributed by atoms with Crippen molar-refractivity contribution in [2.75, 3.05) is 0 Å². The second-order valence-electron chi connectivity index (χ2n) is 16.8. The summed E-state index contributed by atoms with van der Waals surface area (Å²) in [4.78, 5) is 10.1. The highest BCUT2D eigenvalue weighted by molar-refractivity contribution is 6.13. The summed E-state index contributed by atoms with van der Waals surface area (Å²) in [5, 5.41) is 1.68. The van der Waals surface area contributed by atoms with Crippen molar-refractivity contribution in [3.63, 3.8) is 0 Å². The summed E-state index contributed by atoms with van der Waals surface area (Å²) < 4.78 is 90.5. The lowest BCUT2D eigenvalue weighted by molar-refractivity contribution is -0.138. The van der Waals surface area contributed by atoms with E-state index < -0.39 is 23.5 Å². The maximum absolute atomic E-state index is 14.8. The van der Waals surface area contributed by atoms with Crippen LogP contribution >= 0.6 is 0 Å². The number of nitrogens with zero attached hydrogens (tertiary/aromatic N) is 3. The standard InChI is InChI=1S/C60H37F6N3/c61-59(62,63)47-25-13-23-44(31-47)49-35-46(58-67-53(40-19-9-3-10-20-40)37-54(68-58)41-21-11-4-12-22-41)36-50(45-24-14-26-48(32-45)60(64,65)66)57(49)69-55-29-27-42(38-15-5-1-6-16-38)33-51(55)52-34-43(28-30-56(52)69)39-17-7-2-8-18-39/h1-37H. The van der Waals surface area contributed by atoms with Crippen LogP contribution in [0.5, 0.6) is 0 Å². The number of halogens is 6. The van der Waals surface area contributed by atoms with Crippen LogP contribution in [-0.4, -0.2) is 14.5 Å². The van der Waals surface area contributed by atoms with Crippen LogP contribution in [0.25, 0.3) is 106 Å². The second kappa shape index (κ2) is 17.3. The Morgan fingerprint density at radius 3 is 1.07 bits per heavy atom. The SMILES string of the molecule is FC(F)(F)c1cccc(-c2cc(-c3nc(-c4ccccc4)cc(-c4ccccc4)n3)cc(-c3cccc(C(F)(F)F)c3)c2-n2c3ccc(-c4ccccc4)cc3c3cc(-c4ccccc4)ccc32)c1. The van der Waals surface area contributed by atoms with Crippen LogP contribution in [0.15, 0.2) is 224 Å². The molecular formula is C60H37F6N3. The Labute approximate surface area is 393 Å². The molecule has 0 spiro atoms. The van der Waals surface area contributed by atoms with Gasteiger partial charge in [-0.15, -0.1) is 0 Å². The highest BCUT2D eigenvalue weighted by Gasteiger charge is 2.33. The molecule has 334 valence electrons. The minimum Gasteiger partial charge on any atom is -0.308 e. The van der Waals surface area contributed by atoms with Gasteiger partial charge >= 0.3 is 12.4 Å². The molecule has 0 saturated heterocycles. The number of benzene rings is 9. The average molecular weight is 914 g/mol. The largest absolute Gasteiger partial charge is 0.416 e. The van der Waals surface area contributed by atoms with Gasteiger partial charge in [-0.25, -0.2) is 9.97 Å². The highest BCUT2D eigenvalue weighted by Crippen LogP contribution is 2.47. The molecule has 11 aromatic rings. The van der Waals surface area contributed by atoms with Crippen LogP contribution in [0.3, 0.4) is 0 Å². The fourth-order valence-corrected chi connectivity index (χ4v) is 9.15. The molecule has 9 aromatic carbocycles. The van der Waals surface area contributed by atoms with Gasteiger partial charge in [0.05, 0.1) is 39.2 Å². The predicted molar refractivity (Wildman–Crippen MR) is 264 cm³/mol. The van der Waals surface area contributed by atoms with Crippen LogP contribution in [0.1, 0.15) is 11.1 Å². The van der Waals surface area contributed by atoms with Crippen LogP contribution in [0, 0.1) is 0 Å². The van der Waals surface area contributed by atoms with E-state index >= 15 is 0 Å². The van der Waals surface area contributed by atoms with E-state index in [4.69, 9.17) is 9.97 Å². The minimum absolute atomic E-state index is 0.189. The molecule has 0 aliphatic carbocycles. The van der Waals surface area contributed by atoms with E-state index in [1.54, 1.807) is 24.3 Å². The van der Waals surface area contributed by atoms with Crippen molar-refractivity contribution in [3.8, 4) is 84.1 Å². The lowest BCUT2D eigenvalue weighted by atomic mass is 9.91. The first-order valence-electron chi connectivity index (χ1n) is 22.2. The molecule has 2 aromatic heterocycles. The molecule has 0 saturated carbocycles. The molecular weight excluding hydrogens is 877 g/mol. The van der Waals surface area contributed by atoms with Crippen molar-refractivity contribution in [1.82, 2.24) is 14.5 Å². The maximum Gasteiger partial charge on any atom is 0.416 e. The quantitative estimate of drug-likeness (QED) is 0.142. The molecule has 0 aliphatic heterocycles. The van der Waals surface area contributed by atoms with Gasteiger partial charge in [0, 0.05) is 38.6 Å². The summed E-state index contributed by atoms with van der Waals surface area (Å²) in [7, 11) is 0. The Morgan fingerprint density at radius 1 is 0.304 bits per heavy atom. The van der Waals surface area contributed by atoms with E-state index in [1.807, 2.05) is 156 Å². The van der Waals surface area contributed by atoms with Crippen LogP contribution in [0.2, 0.25) is 0 Å². The van der Waals surface area contributed by atoms with Crippen molar-refractivity contribution < 1.29 is 26.3 Å². The van der Waals surface area contributed by atoms with Crippen LogP contribution < -0.4 is 0 Å². The van der Waals surface area contributed by atoms with Crippen molar-refractivity contribution in [3.05, 3.63) is 236 Å². The van der Waals surface area contributed by atoms with Gasteiger partial charge in [-0.3, -0.25) is 0 Å². The first-order valence-corrected chi connectivity index (χ1v) is 22.2. The van der Waals surface area contributed by atoms with E-state index in [1.165, 1.54) is 12.1 Å². The van der Waals surface area contributed by atoms with Gasteiger partial charge in [0.15, 0.2) is 5.82 Å². The molecule has 69 heavy (non-hydrogen) atoms. The zero-order valence-electron chi connectivity index (χ0n) is 36.5. The summed E-state index contributed by atoms with van der Waals surface area (Å²) in [5.41, 5.74) is 7.96. The van der Waals surface area contributed by atoms with E-state index in [9.17, 15) is 26.3 Å². The molecule has 0 unspecified atom stereocenters. The van der Waals surface area contributed by atoms with Gasteiger partial charge in [-0.1, -0.05) is 158 Å². The maximum atomic E-state index is 14.8. The van der Waals surface area contributed by atoms with Gasteiger partial charge in [-0.2, -0.15) is 26.3 Å². The predicted octanol–water partition coefficient (Wildman–Crippen LogP) is 17.3. The Balaban J connectivity index is 1.29. The fourth-order valence-electron chi connectivity index (χ4n) is 9.15. The summed E-state index contributed by atoms with van der Waals surface area (Å²) in [6, 6.07) is 66.4. The summed E-state index contributed by atoms with van der Waals surface area (Å²) >= 11 is 0. The van der Waals surface area contributed by atoms with Crippen LogP contribution in [0.4, 0.5) is 26.3 Å². The zero-order valence-corrected chi connectivity index (χ0v) is 36.5. The number of aromatic nitrogens is 3. The Hall–Kier alpha value is -8.56. The summed E-state index contributed by atoms with van der Waals surface area (Å²) in [6.45, 7) is 0. The molecule has 9 heteroatoms. The monoisotopic (exact) mass is 913 g/mol. The summed E-state index contributed by atoms with van der Waals surface area (Å²) in [5.74, 6) is 0.227. The van der Waals surface area contributed by atoms with Crippen molar-refractivity contribution >= 4 is 21.8 Å². The molecule has 0 fully saturated rings. The van der Waals surface area contributed by atoms with Crippen molar-refractivity contribution in [2.24, 2.45) is 0 Å². The zero-order chi connectivity index (χ0) is 47.3. The normalized spacial score (nSPS) is 11.9. The van der Waals surface area contributed by atoms with Gasteiger partial charge < -0.3 is 4.57 Å². The number of rotatable bonds is 8. The van der Waals surface area contributed by atoms with E-state index in [0.29, 0.717) is 44.8 Å². The molecule has 0 N–H and O–H groups in total. The minimum atomic E-state index is -4.70. The van der Waals surface area contributed by atoms with Gasteiger partial charge in [0.2, 0.25) is 0 Å². The molecule has 0 amide bonds. The molecule has 3 nitrogen and oxygen atoms in total. The third-order valence-corrected chi connectivity index (χ3v) is 12.4. The molecule has 0 radical (unpaired) electrons. The molecule has 0 atom stereocenters. The van der Waals surface area contributed by atoms with E-state index in [-0.39, 0.29) is 17.0 Å². The van der Waals surface area contributed by atoms with Gasteiger partial charge in [-0.05, 0) is 100 Å². The van der Waals surface area contributed by atoms with Crippen LogP contribution in [-0.2, 0) is 12.4 Å². The van der Waals surface area contributed by atoms with Gasteiger partial charge in [0.25, 0.3) is 0 Å². The lowest BCUT2D eigenvalue weighted by Gasteiger charge is -2.22. The Kier molecular flexibility index (Phi) is 10.8. The van der Waals surface area contributed by atoms with E-state index in [2.05, 4.69) is 12.1 Å². The van der Waals surface area contributed by atoms with Crippen molar-refractivity contribution in [2.45, 2.75) is 12.4 Å². The number of alkyl halides is 6. The van der Waals surface area contributed by atoms with E-state index in [0.717, 1.165) is 68.4 Å². The fraction of sp³-hybridized carbons (Fsp3) is 0.0333. The topological polar surface area (TPSA) is 30.7 Å². The number of hydrogen-bond acceptors (Lipinski definition) is 2. The highest BCUT2D eigenvalue weighted by atomic mass is 19.4. The Bertz CT molecular complexity index is 3440. The second-order valence-corrected chi connectivity index (χ2v) is 16.8. The molecule has 0 aliphatic rings. The number of hydrogen-bond donors (Lipinski definition) is 0. The van der Waals surface area contributed by atoms with Gasteiger partial charge in [0.1, 0.15) is 0 Å². The molecule has 0 bridgehead atoms. The molecule has 11 rings (SSSR count). The average Bonchev–Trinajstić information content (AvgIpc) is 3.71. The smallest absolute Gasteiger partial charge is 0.308 e. The summed E-state index contributed by atoms with van der Waals surface area (Å²) in [6.07, 6.45) is -9.41. The number of fused-ring (bicyclic) bond motifs is 3. The third kappa shape index (κ3) is 8.33. The first kappa shape index (κ1) is 43.0. The third-order valence-electron chi connectivity index (χ3n) is 12.4. The molecule has 2 heterocycles. The Morgan fingerprint density at radius 2 is 0.681 bits per heavy atom. The van der Waals surface area contributed by atoms with Crippen molar-refractivity contribution in [1.29, 1.82) is 0 Å². The first-order chi connectivity index (χ1) is 33.5. The lowest BCUT2D eigenvalue weighted by Crippen LogP contribution is -2.07.